The minimum absolute atomic E-state index is 0.682. The molecule has 1 aromatic rings. The smallest absolute Gasteiger partial charge is 0.123 e. The molecule has 1 aromatic carbocycles. The zero-order valence-electron chi connectivity index (χ0n) is 8.22. The van der Waals surface area contributed by atoms with Gasteiger partial charge < -0.3 is 4.74 Å². The normalized spacial score (nSPS) is 10.2. The monoisotopic (exact) mass is 276 g/mol. The Kier molecular flexibility index (Phi) is 5.34. The Morgan fingerprint density at radius 1 is 1.43 bits per heavy atom. The lowest BCUT2D eigenvalue weighted by molar-refractivity contribution is 0.336. The maximum Gasteiger partial charge on any atom is 0.123 e. The van der Waals surface area contributed by atoms with Crippen LogP contribution in [-0.4, -0.2) is 11.9 Å². The fourth-order valence-electron chi connectivity index (χ4n) is 1.32. The average Bonchev–Trinajstić information content (AvgIpc) is 2.18. The van der Waals surface area contributed by atoms with Crippen molar-refractivity contribution >= 4 is 27.5 Å². The summed E-state index contributed by atoms with van der Waals surface area (Å²) in [7, 11) is 0. The maximum atomic E-state index is 6.11. The highest BCUT2D eigenvalue weighted by atomic mass is 79.9. The van der Waals surface area contributed by atoms with Crippen molar-refractivity contribution in [2.24, 2.45) is 0 Å². The van der Waals surface area contributed by atoms with Crippen LogP contribution in [0.15, 0.2) is 18.2 Å². The molecule has 3 heteroatoms. The summed E-state index contributed by atoms with van der Waals surface area (Å²) in [4.78, 5) is 0. The highest BCUT2D eigenvalue weighted by Gasteiger charge is 2.06. The number of alkyl halides is 1. The van der Waals surface area contributed by atoms with Gasteiger partial charge in [-0.1, -0.05) is 33.6 Å². The van der Waals surface area contributed by atoms with Crippen LogP contribution in [-0.2, 0) is 6.42 Å². The van der Waals surface area contributed by atoms with Gasteiger partial charge in [-0.15, -0.1) is 0 Å². The van der Waals surface area contributed by atoms with E-state index in [-0.39, 0.29) is 0 Å². The molecule has 78 valence electrons. The van der Waals surface area contributed by atoms with Crippen LogP contribution >= 0.6 is 27.5 Å². The van der Waals surface area contributed by atoms with Crippen molar-refractivity contribution < 1.29 is 4.74 Å². The molecule has 0 N–H and O–H groups in total. The molecular weight excluding hydrogens is 263 g/mol. The van der Waals surface area contributed by atoms with Gasteiger partial charge in [0, 0.05) is 15.9 Å². The van der Waals surface area contributed by atoms with Crippen molar-refractivity contribution in [3.05, 3.63) is 28.8 Å². The van der Waals surface area contributed by atoms with Crippen molar-refractivity contribution in [2.75, 3.05) is 11.9 Å². The van der Waals surface area contributed by atoms with E-state index in [1.165, 1.54) is 0 Å². The fraction of sp³-hybridized carbons (Fsp3) is 0.455. The van der Waals surface area contributed by atoms with E-state index < -0.39 is 0 Å². The standard InChI is InChI=1S/C11H14BrClO/c1-2-14-11-7-3-6-10(13)9(11)5-4-8-12/h3,6-7H,2,4-5,8H2,1H3. The second kappa shape index (κ2) is 6.31. The van der Waals surface area contributed by atoms with Crippen LogP contribution < -0.4 is 4.74 Å². The molecule has 0 heterocycles. The van der Waals surface area contributed by atoms with E-state index in [0.29, 0.717) is 6.61 Å². The van der Waals surface area contributed by atoms with Crippen LogP contribution in [0, 0.1) is 0 Å². The first-order valence-corrected chi connectivity index (χ1v) is 6.25. The van der Waals surface area contributed by atoms with Gasteiger partial charge in [-0.05, 0) is 31.9 Å². The number of ether oxygens (including phenoxy) is 1. The number of rotatable bonds is 5. The molecule has 0 aromatic heterocycles. The molecule has 0 bridgehead atoms. The lowest BCUT2D eigenvalue weighted by Gasteiger charge is -2.10. The summed E-state index contributed by atoms with van der Waals surface area (Å²) in [5, 5.41) is 1.79. The predicted molar refractivity (Wildman–Crippen MR) is 64.7 cm³/mol. The average molecular weight is 278 g/mol. The Morgan fingerprint density at radius 2 is 2.21 bits per heavy atom. The van der Waals surface area contributed by atoms with Crippen LogP contribution in [0.4, 0.5) is 0 Å². The molecule has 0 unspecified atom stereocenters. The van der Waals surface area contributed by atoms with Gasteiger partial charge in [0.15, 0.2) is 0 Å². The van der Waals surface area contributed by atoms with Gasteiger partial charge in [0.05, 0.1) is 6.61 Å². The highest BCUT2D eigenvalue weighted by molar-refractivity contribution is 9.09. The van der Waals surface area contributed by atoms with E-state index >= 15 is 0 Å². The Bertz CT molecular complexity index is 289. The van der Waals surface area contributed by atoms with Gasteiger partial charge in [-0.2, -0.15) is 0 Å². The Balaban J connectivity index is 2.84. The molecular formula is C11H14BrClO. The molecule has 0 saturated carbocycles. The van der Waals surface area contributed by atoms with Gasteiger partial charge in [0.2, 0.25) is 0 Å². The van der Waals surface area contributed by atoms with Crippen molar-refractivity contribution in [3.63, 3.8) is 0 Å². The first kappa shape index (κ1) is 11.9. The Morgan fingerprint density at radius 3 is 2.86 bits per heavy atom. The Hall–Kier alpha value is -0.210. The Labute approximate surface area is 98.5 Å². The van der Waals surface area contributed by atoms with Crippen LogP contribution in [0.25, 0.3) is 0 Å². The molecule has 14 heavy (non-hydrogen) atoms. The van der Waals surface area contributed by atoms with Gasteiger partial charge in [0.25, 0.3) is 0 Å². The molecule has 1 nitrogen and oxygen atoms in total. The van der Waals surface area contributed by atoms with Crippen LogP contribution in [0.3, 0.4) is 0 Å². The summed E-state index contributed by atoms with van der Waals surface area (Å²) in [6.45, 7) is 2.66. The second-order valence-electron chi connectivity index (χ2n) is 2.94. The molecule has 0 atom stereocenters. The van der Waals surface area contributed by atoms with E-state index in [0.717, 1.165) is 34.5 Å². The molecule has 0 aliphatic heterocycles. The fourth-order valence-corrected chi connectivity index (χ4v) is 1.86. The zero-order valence-corrected chi connectivity index (χ0v) is 10.6. The predicted octanol–water partition coefficient (Wildman–Crippen LogP) is 4.07. The van der Waals surface area contributed by atoms with Gasteiger partial charge in [-0.25, -0.2) is 0 Å². The van der Waals surface area contributed by atoms with Crippen LogP contribution in [0.5, 0.6) is 5.75 Å². The zero-order chi connectivity index (χ0) is 10.4. The summed E-state index contributed by atoms with van der Waals surface area (Å²) >= 11 is 9.52. The maximum absolute atomic E-state index is 6.11. The lowest BCUT2D eigenvalue weighted by Crippen LogP contribution is -1.97. The molecule has 0 spiro atoms. The molecule has 0 radical (unpaired) electrons. The van der Waals surface area contributed by atoms with Crippen molar-refractivity contribution in [1.82, 2.24) is 0 Å². The van der Waals surface area contributed by atoms with Crippen LogP contribution in [0.1, 0.15) is 18.9 Å². The van der Waals surface area contributed by atoms with Crippen molar-refractivity contribution in [1.29, 1.82) is 0 Å². The second-order valence-corrected chi connectivity index (χ2v) is 4.14. The number of hydrogen-bond acceptors (Lipinski definition) is 1. The van der Waals surface area contributed by atoms with E-state index in [2.05, 4.69) is 15.9 Å². The molecule has 0 saturated heterocycles. The number of benzene rings is 1. The highest BCUT2D eigenvalue weighted by Crippen LogP contribution is 2.27. The van der Waals surface area contributed by atoms with Crippen LogP contribution in [0.2, 0.25) is 5.02 Å². The summed E-state index contributed by atoms with van der Waals surface area (Å²) in [6, 6.07) is 5.80. The van der Waals surface area contributed by atoms with Gasteiger partial charge in [0.1, 0.15) is 5.75 Å². The van der Waals surface area contributed by atoms with Crippen molar-refractivity contribution in [3.8, 4) is 5.75 Å². The third-order valence-electron chi connectivity index (χ3n) is 1.94. The largest absolute Gasteiger partial charge is 0.494 e. The quantitative estimate of drug-likeness (QED) is 0.737. The topological polar surface area (TPSA) is 9.23 Å². The number of halogens is 2. The van der Waals surface area contributed by atoms with Gasteiger partial charge >= 0.3 is 0 Å². The summed E-state index contributed by atoms with van der Waals surface area (Å²) in [5.41, 5.74) is 1.12. The number of hydrogen-bond donors (Lipinski definition) is 0. The first-order valence-electron chi connectivity index (χ1n) is 4.75. The first-order chi connectivity index (χ1) is 6.79. The molecule has 0 aliphatic rings. The minimum Gasteiger partial charge on any atom is -0.494 e. The molecule has 0 aliphatic carbocycles. The summed E-state index contributed by atoms with van der Waals surface area (Å²) in [5.74, 6) is 0.918. The summed E-state index contributed by atoms with van der Waals surface area (Å²) in [6.07, 6.45) is 2.03. The van der Waals surface area contributed by atoms with E-state index in [4.69, 9.17) is 16.3 Å². The third kappa shape index (κ3) is 3.18. The van der Waals surface area contributed by atoms with E-state index in [9.17, 15) is 0 Å². The third-order valence-corrected chi connectivity index (χ3v) is 2.85. The van der Waals surface area contributed by atoms with Crippen molar-refractivity contribution in [2.45, 2.75) is 19.8 Å². The van der Waals surface area contributed by atoms with Gasteiger partial charge in [-0.3, -0.25) is 0 Å². The van der Waals surface area contributed by atoms with E-state index in [1.807, 2.05) is 25.1 Å². The SMILES string of the molecule is CCOc1cccc(Cl)c1CCCBr. The lowest BCUT2D eigenvalue weighted by atomic mass is 10.1. The summed E-state index contributed by atoms with van der Waals surface area (Å²) < 4.78 is 5.52. The minimum atomic E-state index is 0.682. The molecule has 1 rings (SSSR count). The molecule has 0 fully saturated rings. The van der Waals surface area contributed by atoms with E-state index in [1.54, 1.807) is 0 Å². The molecule has 0 amide bonds.